The molecule has 21 heavy (non-hydrogen) atoms. The Labute approximate surface area is 126 Å². The van der Waals surface area contributed by atoms with Crippen LogP contribution in [0.15, 0.2) is 23.8 Å². The van der Waals surface area contributed by atoms with Gasteiger partial charge in [0.25, 0.3) is 0 Å². The molecule has 1 aromatic rings. The van der Waals surface area contributed by atoms with Crippen molar-refractivity contribution in [3.05, 3.63) is 29.3 Å². The minimum absolute atomic E-state index is 0.313. The molecule has 4 nitrogen and oxygen atoms in total. The number of methoxy groups -OCH3 is 1. The zero-order valence-electron chi connectivity index (χ0n) is 13.6. The number of rotatable bonds is 5. The largest absolute Gasteiger partial charge is 0.493 e. The lowest BCUT2D eigenvalue weighted by atomic mass is 10.1. The van der Waals surface area contributed by atoms with Gasteiger partial charge in [-0.15, -0.1) is 0 Å². The summed E-state index contributed by atoms with van der Waals surface area (Å²) in [4.78, 5) is 11.6. The van der Waals surface area contributed by atoms with Crippen molar-refractivity contribution in [1.29, 1.82) is 0 Å². The van der Waals surface area contributed by atoms with Crippen molar-refractivity contribution in [2.75, 3.05) is 13.7 Å². The molecule has 4 heteroatoms. The van der Waals surface area contributed by atoms with Gasteiger partial charge >= 0.3 is 5.97 Å². The van der Waals surface area contributed by atoms with E-state index in [-0.39, 0.29) is 11.6 Å². The van der Waals surface area contributed by atoms with Crippen LogP contribution in [0.5, 0.6) is 11.5 Å². The van der Waals surface area contributed by atoms with Gasteiger partial charge in [0, 0.05) is 5.57 Å². The van der Waals surface area contributed by atoms with Gasteiger partial charge in [0.15, 0.2) is 11.5 Å². The van der Waals surface area contributed by atoms with Gasteiger partial charge in [-0.05, 0) is 58.4 Å². The van der Waals surface area contributed by atoms with Crippen LogP contribution in [0.25, 0.3) is 6.08 Å². The van der Waals surface area contributed by atoms with Crippen LogP contribution in [0, 0.1) is 0 Å². The normalized spacial score (nSPS) is 12.0. The first kappa shape index (κ1) is 17.1. The molecular weight excluding hydrogens is 268 g/mol. The monoisotopic (exact) mass is 292 g/mol. The Kier molecular flexibility index (Phi) is 5.82. The van der Waals surface area contributed by atoms with Gasteiger partial charge in [0.1, 0.15) is 5.60 Å². The molecule has 116 valence electrons. The summed E-state index contributed by atoms with van der Waals surface area (Å²) in [7, 11) is 1.60. The van der Waals surface area contributed by atoms with Gasteiger partial charge in [-0.2, -0.15) is 0 Å². The average Bonchev–Trinajstić information content (AvgIpc) is 2.37. The maximum absolute atomic E-state index is 11.6. The second-order valence-corrected chi connectivity index (χ2v) is 5.67. The zero-order valence-corrected chi connectivity index (χ0v) is 13.6. The Hall–Kier alpha value is -1.97. The molecule has 0 atom stereocenters. The molecule has 0 aliphatic rings. The highest BCUT2D eigenvalue weighted by molar-refractivity contribution is 5.93. The molecular formula is C17H24O4. The molecule has 0 saturated carbocycles. The molecule has 0 aliphatic heterocycles. The fraction of sp³-hybridized carbons (Fsp3) is 0.471. The lowest BCUT2D eigenvalue weighted by Gasteiger charge is -2.23. The Balaban J connectivity index is 3.08. The van der Waals surface area contributed by atoms with Crippen LogP contribution in [0.2, 0.25) is 0 Å². The highest BCUT2D eigenvalue weighted by Crippen LogP contribution is 2.31. The van der Waals surface area contributed by atoms with Crippen molar-refractivity contribution in [3.63, 3.8) is 0 Å². The van der Waals surface area contributed by atoms with Crippen molar-refractivity contribution in [3.8, 4) is 11.5 Å². The molecule has 0 heterocycles. The Morgan fingerprint density at radius 1 is 1.24 bits per heavy atom. The Morgan fingerprint density at radius 3 is 2.43 bits per heavy atom. The van der Waals surface area contributed by atoms with E-state index in [0.717, 1.165) is 5.56 Å². The molecule has 1 rings (SSSR count). The summed E-state index contributed by atoms with van der Waals surface area (Å²) in [5.74, 6) is 0.998. The predicted molar refractivity (Wildman–Crippen MR) is 83.7 cm³/mol. The third-order valence-electron chi connectivity index (χ3n) is 2.58. The van der Waals surface area contributed by atoms with Crippen LogP contribution < -0.4 is 9.47 Å². The summed E-state index contributed by atoms with van der Waals surface area (Å²) in [5, 5.41) is 0. The fourth-order valence-corrected chi connectivity index (χ4v) is 1.75. The lowest BCUT2D eigenvalue weighted by molar-refractivity contribution is -0.138. The summed E-state index contributed by atoms with van der Waals surface area (Å²) in [6.45, 7) is 9.79. The fourth-order valence-electron chi connectivity index (χ4n) is 1.75. The van der Waals surface area contributed by atoms with Gasteiger partial charge in [0.2, 0.25) is 0 Å². The van der Waals surface area contributed by atoms with Crippen LogP contribution >= 0.6 is 0 Å². The van der Waals surface area contributed by atoms with E-state index in [1.165, 1.54) is 0 Å². The Bertz CT molecular complexity index is 524. The molecule has 0 amide bonds. The van der Waals surface area contributed by atoms with Gasteiger partial charge in [0.05, 0.1) is 13.7 Å². The summed E-state index contributed by atoms with van der Waals surface area (Å²) in [6.07, 6.45) is 1.77. The number of hydrogen-bond acceptors (Lipinski definition) is 4. The van der Waals surface area contributed by atoms with E-state index in [2.05, 4.69) is 0 Å². The van der Waals surface area contributed by atoms with E-state index < -0.39 is 0 Å². The van der Waals surface area contributed by atoms with Gasteiger partial charge in [-0.3, -0.25) is 0 Å². The van der Waals surface area contributed by atoms with Gasteiger partial charge in [-0.1, -0.05) is 6.07 Å². The molecule has 0 N–H and O–H groups in total. The highest BCUT2D eigenvalue weighted by atomic mass is 16.5. The number of carbonyl (C=O) groups is 1. The van der Waals surface area contributed by atoms with Crippen molar-refractivity contribution in [2.45, 2.75) is 40.2 Å². The molecule has 0 aliphatic carbocycles. The maximum Gasteiger partial charge on any atom is 0.333 e. The van der Waals surface area contributed by atoms with Crippen LogP contribution in [-0.2, 0) is 9.53 Å². The van der Waals surface area contributed by atoms with Crippen LogP contribution in [0.3, 0.4) is 0 Å². The van der Waals surface area contributed by atoms with Gasteiger partial charge < -0.3 is 14.2 Å². The summed E-state index contributed by atoms with van der Waals surface area (Å²) < 4.78 is 16.2. The van der Waals surface area contributed by atoms with Gasteiger partial charge in [-0.25, -0.2) is 4.79 Å². The van der Waals surface area contributed by atoms with E-state index in [1.54, 1.807) is 27.0 Å². The van der Waals surface area contributed by atoms with Crippen molar-refractivity contribution >= 4 is 12.0 Å². The summed E-state index contributed by atoms with van der Waals surface area (Å²) in [5.41, 5.74) is 1.08. The smallest absolute Gasteiger partial charge is 0.333 e. The summed E-state index contributed by atoms with van der Waals surface area (Å²) in [6, 6.07) is 5.55. The first-order chi connectivity index (χ1) is 9.76. The van der Waals surface area contributed by atoms with Crippen LogP contribution in [0.1, 0.15) is 40.2 Å². The quantitative estimate of drug-likeness (QED) is 0.611. The summed E-state index contributed by atoms with van der Waals surface area (Å²) >= 11 is 0. The number of esters is 1. The first-order valence-electron chi connectivity index (χ1n) is 6.99. The number of ether oxygens (including phenoxy) is 3. The number of benzene rings is 1. The van der Waals surface area contributed by atoms with E-state index in [4.69, 9.17) is 14.2 Å². The second-order valence-electron chi connectivity index (χ2n) is 5.67. The van der Waals surface area contributed by atoms with E-state index in [1.807, 2.05) is 39.0 Å². The molecule has 1 aromatic carbocycles. The molecule has 0 aromatic heterocycles. The van der Waals surface area contributed by atoms with Crippen molar-refractivity contribution in [1.82, 2.24) is 0 Å². The molecule has 0 bridgehead atoms. The molecule has 0 radical (unpaired) electrons. The van der Waals surface area contributed by atoms with Crippen LogP contribution in [-0.4, -0.2) is 25.3 Å². The third-order valence-corrected chi connectivity index (χ3v) is 2.58. The van der Waals surface area contributed by atoms with Crippen molar-refractivity contribution < 1.29 is 19.0 Å². The minimum Gasteiger partial charge on any atom is -0.493 e. The lowest BCUT2D eigenvalue weighted by Crippen LogP contribution is -2.23. The minimum atomic E-state index is -0.328. The number of hydrogen-bond donors (Lipinski definition) is 0. The predicted octanol–water partition coefficient (Wildman–Crippen LogP) is 3.84. The van der Waals surface area contributed by atoms with E-state index >= 15 is 0 Å². The number of carbonyl (C=O) groups excluding carboxylic acids is 1. The standard InChI is InChI=1S/C17H24O4/c1-7-20-16(18)12(2)10-13-8-9-14(19-6)15(11-13)21-17(3,4)5/h8-11H,7H2,1-6H3/b12-10+. The first-order valence-corrected chi connectivity index (χ1v) is 6.99. The molecule has 0 fully saturated rings. The van der Waals surface area contributed by atoms with E-state index in [0.29, 0.717) is 23.7 Å². The van der Waals surface area contributed by atoms with E-state index in [9.17, 15) is 4.79 Å². The molecule has 0 unspecified atom stereocenters. The van der Waals surface area contributed by atoms with Crippen LogP contribution in [0.4, 0.5) is 0 Å². The third kappa shape index (κ3) is 5.50. The molecule has 0 spiro atoms. The zero-order chi connectivity index (χ0) is 16.0. The second kappa shape index (κ2) is 7.16. The SMILES string of the molecule is CCOC(=O)/C(C)=C/c1ccc(OC)c(OC(C)(C)C)c1. The topological polar surface area (TPSA) is 44.8 Å². The maximum atomic E-state index is 11.6. The Morgan fingerprint density at radius 2 is 1.90 bits per heavy atom. The molecule has 0 saturated heterocycles. The average molecular weight is 292 g/mol. The highest BCUT2D eigenvalue weighted by Gasteiger charge is 2.15. The van der Waals surface area contributed by atoms with Crippen molar-refractivity contribution in [2.24, 2.45) is 0 Å².